The quantitative estimate of drug-likeness (QED) is 0.903. The number of amides is 1. The van der Waals surface area contributed by atoms with E-state index in [0.29, 0.717) is 11.4 Å². The molecule has 0 fully saturated rings. The molecule has 5 heteroatoms. The van der Waals surface area contributed by atoms with Crippen LogP contribution in [0.3, 0.4) is 0 Å². The second kappa shape index (κ2) is 4.85. The van der Waals surface area contributed by atoms with E-state index in [-0.39, 0.29) is 11.7 Å². The van der Waals surface area contributed by atoms with E-state index in [4.69, 9.17) is 4.74 Å². The van der Waals surface area contributed by atoms with Crippen molar-refractivity contribution in [3.63, 3.8) is 0 Å². The molecule has 4 nitrogen and oxygen atoms in total. The first kappa shape index (κ1) is 12.5. The molecule has 1 atom stereocenters. The summed E-state index contributed by atoms with van der Waals surface area (Å²) >= 11 is 0. The van der Waals surface area contributed by atoms with Crippen LogP contribution in [0.2, 0.25) is 0 Å². The summed E-state index contributed by atoms with van der Waals surface area (Å²) in [5.74, 6) is 0.132. The summed E-state index contributed by atoms with van der Waals surface area (Å²) in [6.45, 7) is 0. The number of rotatable bonds is 3. The minimum atomic E-state index is -0.530. The van der Waals surface area contributed by atoms with Gasteiger partial charge in [0.15, 0.2) is 0 Å². The van der Waals surface area contributed by atoms with E-state index in [9.17, 15) is 9.18 Å². The standard InChI is InChI=1S/C15H13FN2O2/c1-20-11-4-2-3-10(8-11)17-14-12-6-5-9(16)7-13(12)18-15(14)19/h2-8,14,17H,1H3,(H,18,19). The van der Waals surface area contributed by atoms with Gasteiger partial charge in [0, 0.05) is 23.0 Å². The fourth-order valence-electron chi connectivity index (χ4n) is 2.26. The van der Waals surface area contributed by atoms with Crippen molar-refractivity contribution in [1.82, 2.24) is 0 Å². The highest BCUT2D eigenvalue weighted by molar-refractivity contribution is 6.04. The lowest BCUT2D eigenvalue weighted by Crippen LogP contribution is -2.19. The summed E-state index contributed by atoms with van der Waals surface area (Å²) in [4.78, 5) is 12.0. The normalized spacial score (nSPS) is 16.5. The summed E-state index contributed by atoms with van der Waals surface area (Å²) in [5.41, 5.74) is 2.01. The molecule has 2 aromatic rings. The van der Waals surface area contributed by atoms with Gasteiger partial charge >= 0.3 is 0 Å². The molecule has 2 N–H and O–H groups in total. The Morgan fingerprint density at radius 1 is 1.25 bits per heavy atom. The van der Waals surface area contributed by atoms with Gasteiger partial charge in [0.25, 0.3) is 5.91 Å². The highest BCUT2D eigenvalue weighted by atomic mass is 19.1. The molecule has 0 aliphatic carbocycles. The van der Waals surface area contributed by atoms with Crippen molar-refractivity contribution in [1.29, 1.82) is 0 Å². The summed E-state index contributed by atoms with van der Waals surface area (Å²) in [7, 11) is 1.58. The lowest BCUT2D eigenvalue weighted by Gasteiger charge is -2.13. The van der Waals surface area contributed by atoms with E-state index in [2.05, 4.69) is 10.6 Å². The zero-order chi connectivity index (χ0) is 14.1. The Kier molecular flexibility index (Phi) is 3.02. The van der Waals surface area contributed by atoms with Gasteiger partial charge in [-0.1, -0.05) is 12.1 Å². The van der Waals surface area contributed by atoms with Crippen molar-refractivity contribution in [3.8, 4) is 5.75 Å². The molecule has 0 spiro atoms. The molecule has 20 heavy (non-hydrogen) atoms. The van der Waals surface area contributed by atoms with Crippen LogP contribution in [0.4, 0.5) is 15.8 Å². The number of ether oxygens (including phenoxy) is 1. The van der Waals surface area contributed by atoms with E-state index < -0.39 is 6.04 Å². The number of carbonyl (C=O) groups is 1. The van der Waals surface area contributed by atoms with Gasteiger partial charge < -0.3 is 15.4 Å². The van der Waals surface area contributed by atoms with Crippen LogP contribution < -0.4 is 15.4 Å². The second-order valence-electron chi connectivity index (χ2n) is 4.53. The number of fused-ring (bicyclic) bond motifs is 1. The average Bonchev–Trinajstić information content (AvgIpc) is 2.74. The lowest BCUT2D eigenvalue weighted by molar-refractivity contribution is -0.116. The van der Waals surface area contributed by atoms with Crippen LogP contribution in [-0.4, -0.2) is 13.0 Å². The fourth-order valence-corrected chi connectivity index (χ4v) is 2.26. The summed E-state index contributed by atoms with van der Waals surface area (Å²) < 4.78 is 18.3. The Morgan fingerprint density at radius 3 is 2.90 bits per heavy atom. The van der Waals surface area contributed by atoms with Crippen LogP contribution in [-0.2, 0) is 4.79 Å². The monoisotopic (exact) mass is 272 g/mol. The van der Waals surface area contributed by atoms with Crippen molar-refractivity contribution in [2.24, 2.45) is 0 Å². The topological polar surface area (TPSA) is 50.4 Å². The Labute approximate surface area is 115 Å². The Morgan fingerprint density at radius 2 is 2.10 bits per heavy atom. The number of hydrogen-bond donors (Lipinski definition) is 2. The van der Waals surface area contributed by atoms with E-state index in [0.717, 1.165) is 11.3 Å². The van der Waals surface area contributed by atoms with E-state index in [1.807, 2.05) is 18.2 Å². The van der Waals surface area contributed by atoms with Crippen molar-refractivity contribution >= 4 is 17.3 Å². The number of carbonyl (C=O) groups excluding carboxylic acids is 1. The number of nitrogens with one attached hydrogen (secondary N) is 2. The highest BCUT2D eigenvalue weighted by Gasteiger charge is 2.30. The fraction of sp³-hybridized carbons (Fsp3) is 0.133. The zero-order valence-electron chi connectivity index (χ0n) is 10.8. The molecule has 1 amide bonds. The maximum Gasteiger partial charge on any atom is 0.251 e. The van der Waals surface area contributed by atoms with Crippen LogP contribution in [0.1, 0.15) is 11.6 Å². The molecule has 1 aliphatic heterocycles. The third-order valence-corrected chi connectivity index (χ3v) is 3.23. The molecule has 0 aromatic heterocycles. The molecular formula is C15H13FN2O2. The summed E-state index contributed by atoms with van der Waals surface area (Å²) in [6.07, 6.45) is 0. The molecule has 1 heterocycles. The van der Waals surface area contributed by atoms with Gasteiger partial charge in [-0.05, 0) is 24.3 Å². The van der Waals surface area contributed by atoms with Crippen molar-refractivity contribution in [3.05, 3.63) is 53.8 Å². The van der Waals surface area contributed by atoms with Crippen molar-refractivity contribution < 1.29 is 13.9 Å². The summed E-state index contributed by atoms with van der Waals surface area (Å²) in [5, 5.41) is 5.79. The first-order valence-electron chi connectivity index (χ1n) is 6.18. The number of anilines is 2. The number of halogens is 1. The molecule has 2 aromatic carbocycles. The Hall–Kier alpha value is -2.56. The maximum atomic E-state index is 13.2. The molecule has 3 rings (SSSR count). The molecule has 0 radical (unpaired) electrons. The minimum absolute atomic E-state index is 0.201. The van der Waals surface area contributed by atoms with Crippen molar-refractivity contribution in [2.75, 3.05) is 17.7 Å². The van der Waals surface area contributed by atoms with E-state index in [1.54, 1.807) is 19.2 Å². The molecule has 102 valence electrons. The number of benzene rings is 2. The van der Waals surface area contributed by atoms with Crippen LogP contribution >= 0.6 is 0 Å². The lowest BCUT2D eigenvalue weighted by atomic mass is 10.1. The molecule has 0 bridgehead atoms. The number of hydrogen-bond acceptors (Lipinski definition) is 3. The van der Waals surface area contributed by atoms with Gasteiger partial charge in [0.2, 0.25) is 0 Å². The van der Waals surface area contributed by atoms with Gasteiger partial charge in [-0.3, -0.25) is 4.79 Å². The molecular weight excluding hydrogens is 259 g/mol. The van der Waals surface area contributed by atoms with Gasteiger partial charge in [0.1, 0.15) is 17.6 Å². The SMILES string of the molecule is COc1cccc(NC2C(=O)Nc3cc(F)ccc32)c1. The predicted octanol–water partition coefficient (Wildman–Crippen LogP) is 2.94. The zero-order valence-corrected chi connectivity index (χ0v) is 10.8. The van der Waals surface area contributed by atoms with Gasteiger partial charge in [-0.2, -0.15) is 0 Å². The molecule has 1 unspecified atom stereocenters. The van der Waals surface area contributed by atoms with Crippen LogP contribution in [0, 0.1) is 5.82 Å². The predicted molar refractivity (Wildman–Crippen MR) is 74.4 cm³/mol. The van der Waals surface area contributed by atoms with Crippen molar-refractivity contribution in [2.45, 2.75) is 6.04 Å². The Bertz CT molecular complexity index is 673. The minimum Gasteiger partial charge on any atom is -0.497 e. The second-order valence-corrected chi connectivity index (χ2v) is 4.53. The Balaban J connectivity index is 1.90. The van der Waals surface area contributed by atoms with Crippen LogP contribution in [0.25, 0.3) is 0 Å². The molecule has 0 saturated heterocycles. The average molecular weight is 272 g/mol. The van der Waals surface area contributed by atoms with Crippen LogP contribution in [0.15, 0.2) is 42.5 Å². The van der Waals surface area contributed by atoms with E-state index >= 15 is 0 Å². The maximum absolute atomic E-state index is 13.2. The molecule has 0 saturated carbocycles. The largest absolute Gasteiger partial charge is 0.497 e. The third kappa shape index (κ3) is 2.18. The van der Waals surface area contributed by atoms with Gasteiger partial charge in [-0.25, -0.2) is 4.39 Å². The van der Waals surface area contributed by atoms with Crippen LogP contribution in [0.5, 0.6) is 5.75 Å². The molecule has 1 aliphatic rings. The van der Waals surface area contributed by atoms with Gasteiger partial charge in [-0.15, -0.1) is 0 Å². The highest BCUT2D eigenvalue weighted by Crippen LogP contribution is 2.34. The van der Waals surface area contributed by atoms with E-state index in [1.165, 1.54) is 12.1 Å². The first-order valence-corrected chi connectivity index (χ1v) is 6.18. The summed E-state index contributed by atoms with van der Waals surface area (Å²) in [6, 6.07) is 11.0. The van der Waals surface area contributed by atoms with Gasteiger partial charge in [0.05, 0.1) is 7.11 Å². The smallest absolute Gasteiger partial charge is 0.251 e. The third-order valence-electron chi connectivity index (χ3n) is 3.23. The number of methoxy groups -OCH3 is 1. The first-order chi connectivity index (χ1) is 9.67.